The highest BCUT2D eigenvalue weighted by Crippen LogP contribution is 2.37. The second-order valence-corrected chi connectivity index (χ2v) is 6.01. The summed E-state index contributed by atoms with van der Waals surface area (Å²) in [6.45, 7) is 2.00. The molecule has 26 heavy (non-hydrogen) atoms. The average Bonchev–Trinajstić information content (AvgIpc) is 3.02. The summed E-state index contributed by atoms with van der Waals surface area (Å²) in [5, 5.41) is 22.4. The fourth-order valence-corrected chi connectivity index (χ4v) is 2.88. The van der Waals surface area contributed by atoms with Crippen molar-refractivity contribution in [2.45, 2.75) is 6.92 Å². The summed E-state index contributed by atoms with van der Waals surface area (Å²) in [5.74, 6) is -0.0219. The van der Waals surface area contributed by atoms with E-state index in [-0.39, 0.29) is 17.0 Å². The third kappa shape index (κ3) is 2.67. The molecule has 0 saturated carbocycles. The molecule has 1 heterocycles. The van der Waals surface area contributed by atoms with Gasteiger partial charge in [-0.3, -0.25) is 15.1 Å². The number of nitrogens with zero attached hydrogens (tertiary/aromatic N) is 2. The highest BCUT2D eigenvalue weighted by Gasteiger charge is 2.17. The maximum absolute atomic E-state index is 11.1. The van der Waals surface area contributed by atoms with Crippen LogP contribution in [0.5, 0.6) is 5.75 Å². The van der Waals surface area contributed by atoms with Gasteiger partial charge in [0.25, 0.3) is 5.69 Å². The van der Waals surface area contributed by atoms with E-state index in [2.05, 4.69) is 4.99 Å². The molecule has 1 aromatic heterocycles. The first kappa shape index (κ1) is 15.8. The number of nitro benzene ring substituents is 1. The summed E-state index contributed by atoms with van der Waals surface area (Å²) < 4.78 is 5.69. The number of benzene rings is 3. The lowest BCUT2D eigenvalue weighted by Crippen LogP contribution is -1.87. The van der Waals surface area contributed by atoms with Crippen molar-refractivity contribution in [1.29, 1.82) is 0 Å². The highest BCUT2D eigenvalue weighted by molar-refractivity contribution is 6.15. The van der Waals surface area contributed by atoms with Gasteiger partial charge in [-0.05, 0) is 37.3 Å². The lowest BCUT2D eigenvalue weighted by molar-refractivity contribution is -0.384. The number of aromatic hydroxyl groups is 1. The molecule has 0 amide bonds. The van der Waals surface area contributed by atoms with Crippen LogP contribution in [0.2, 0.25) is 0 Å². The van der Waals surface area contributed by atoms with Crippen LogP contribution in [0.1, 0.15) is 11.1 Å². The minimum absolute atomic E-state index is 0.0219. The van der Waals surface area contributed by atoms with Gasteiger partial charge in [0.2, 0.25) is 0 Å². The van der Waals surface area contributed by atoms with Gasteiger partial charge in [-0.1, -0.05) is 17.7 Å². The smallest absolute Gasteiger partial charge is 0.270 e. The van der Waals surface area contributed by atoms with Crippen LogP contribution in [0, 0.1) is 17.0 Å². The first-order valence-electron chi connectivity index (χ1n) is 7.96. The Labute approximate surface area is 148 Å². The Morgan fingerprint density at radius 1 is 1.12 bits per heavy atom. The van der Waals surface area contributed by atoms with E-state index in [1.807, 2.05) is 31.2 Å². The molecule has 0 aliphatic carbocycles. The van der Waals surface area contributed by atoms with E-state index < -0.39 is 4.92 Å². The molecule has 0 radical (unpaired) electrons. The standard InChI is InChI=1S/C20H14N2O4/c1-12-2-5-14(6-3-12)21-11-13-4-8-17(23)20-19(13)16-10-15(22(24)25)7-9-18(16)26-20/h2-11,23H,1H3/b21-11+. The zero-order chi connectivity index (χ0) is 18.3. The number of non-ortho nitro benzene ring substituents is 1. The van der Waals surface area contributed by atoms with Gasteiger partial charge in [-0.2, -0.15) is 0 Å². The van der Waals surface area contributed by atoms with Crippen LogP contribution >= 0.6 is 0 Å². The number of furan rings is 1. The number of hydrogen-bond donors (Lipinski definition) is 1. The molecular weight excluding hydrogens is 332 g/mol. The quantitative estimate of drug-likeness (QED) is 0.311. The maximum Gasteiger partial charge on any atom is 0.270 e. The van der Waals surface area contributed by atoms with Crippen LogP contribution in [-0.4, -0.2) is 16.2 Å². The second-order valence-electron chi connectivity index (χ2n) is 6.01. The Morgan fingerprint density at radius 2 is 1.88 bits per heavy atom. The Balaban J connectivity index is 1.92. The molecule has 0 bridgehead atoms. The Hall–Kier alpha value is -3.67. The largest absolute Gasteiger partial charge is 0.504 e. The fraction of sp³-hybridized carbons (Fsp3) is 0.0500. The van der Waals surface area contributed by atoms with E-state index in [1.54, 1.807) is 12.3 Å². The number of aryl methyl sites for hydroxylation is 1. The highest BCUT2D eigenvalue weighted by atomic mass is 16.6. The monoisotopic (exact) mass is 346 g/mol. The van der Waals surface area contributed by atoms with Crippen LogP contribution in [0.3, 0.4) is 0 Å². The molecule has 0 fully saturated rings. The van der Waals surface area contributed by atoms with Gasteiger partial charge in [0.1, 0.15) is 5.58 Å². The van der Waals surface area contributed by atoms with Gasteiger partial charge in [0.15, 0.2) is 11.3 Å². The summed E-state index contributed by atoms with van der Waals surface area (Å²) in [7, 11) is 0. The molecule has 0 saturated heterocycles. The van der Waals surface area contributed by atoms with Crippen LogP contribution in [0.15, 0.2) is 64.0 Å². The zero-order valence-corrected chi connectivity index (χ0v) is 13.8. The number of hydrogen-bond acceptors (Lipinski definition) is 5. The summed E-state index contributed by atoms with van der Waals surface area (Å²) in [4.78, 5) is 15.1. The summed E-state index contributed by atoms with van der Waals surface area (Å²) in [6.07, 6.45) is 1.67. The second kappa shape index (κ2) is 6.00. The lowest BCUT2D eigenvalue weighted by atomic mass is 10.1. The molecule has 0 unspecified atom stereocenters. The average molecular weight is 346 g/mol. The third-order valence-corrected chi connectivity index (χ3v) is 4.21. The van der Waals surface area contributed by atoms with E-state index in [0.29, 0.717) is 21.9 Å². The summed E-state index contributed by atoms with van der Waals surface area (Å²) >= 11 is 0. The van der Waals surface area contributed by atoms with Crippen molar-refractivity contribution in [3.05, 3.63) is 75.8 Å². The predicted octanol–water partition coefficient (Wildman–Crippen LogP) is 5.26. The third-order valence-electron chi connectivity index (χ3n) is 4.21. The van der Waals surface area contributed by atoms with E-state index in [4.69, 9.17) is 4.42 Å². The van der Waals surface area contributed by atoms with Crippen molar-refractivity contribution >= 4 is 39.5 Å². The molecule has 3 aromatic carbocycles. The molecule has 0 spiro atoms. The minimum Gasteiger partial charge on any atom is -0.504 e. The molecule has 6 nitrogen and oxygen atoms in total. The van der Waals surface area contributed by atoms with Crippen molar-refractivity contribution in [2.24, 2.45) is 4.99 Å². The molecule has 6 heteroatoms. The molecule has 4 rings (SSSR count). The number of phenols is 1. The van der Waals surface area contributed by atoms with Gasteiger partial charge < -0.3 is 9.52 Å². The lowest BCUT2D eigenvalue weighted by Gasteiger charge is -2.00. The van der Waals surface area contributed by atoms with E-state index in [0.717, 1.165) is 11.3 Å². The predicted molar refractivity (Wildman–Crippen MR) is 100 cm³/mol. The summed E-state index contributed by atoms with van der Waals surface area (Å²) in [6, 6.07) is 15.3. The van der Waals surface area contributed by atoms with Gasteiger partial charge in [-0.15, -0.1) is 0 Å². The first-order chi connectivity index (χ1) is 12.5. The van der Waals surface area contributed by atoms with Gasteiger partial charge >= 0.3 is 0 Å². The van der Waals surface area contributed by atoms with Crippen LogP contribution in [0.4, 0.5) is 11.4 Å². The van der Waals surface area contributed by atoms with Crippen molar-refractivity contribution in [3.63, 3.8) is 0 Å². The number of fused-ring (bicyclic) bond motifs is 3. The van der Waals surface area contributed by atoms with Crippen LogP contribution in [-0.2, 0) is 0 Å². The Bertz CT molecular complexity index is 1170. The molecule has 0 aliphatic rings. The first-order valence-corrected chi connectivity index (χ1v) is 7.96. The zero-order valence-electron chi connectivity index (χ0n) is 13.8. The van der Waals surface area contributed by atoms with E-state index in [9.17, 15) is 15.2 Å². The number of phenolic OH excluding ortho intramolecular Hbond substituents is 1. The molecule has 0 aliphatic heterocycles. The van der Waals surface area contributed by atoms with Gasteiger partial charge in [-0.25, -0.2) is 0 Å². The van der Waals surface area contributed by atoms with Crippen molar-refractivity contribution in [1.82, 2.24) is 0 Å². The molecule has 128 valence electrons. The van der Waals surface area contributed by atoms with E-state index in [1.165, 1.54) is 24.3 Å². The Kier molecular flexibility index (Phi) is 3.65. The van der Waals surface area contributed by atoms with Crippen LogP contribution in [0.25, 0.3) is 21.9 Å². The molecule has 4 aromatic rings. The number of aliphatic imine (C=N–C) groups is 1. The van der Waals surface area contributed by atoms with Crippen LogP contribution < -0.4 is 0 Å². The molecule has 0 atom stereocenters. The van der Waals surface area contributed by atoms with Gasteiger partial charge in [0, 0.05) is 34.7 Å². The normalized spacial score (nSPS) is 11.6. The molecule has 1 N–H and O–H groups in total. The van der Waals surface area contributed by atoms with Crippen molar-refractivity contribution in [2.75, 3.05) is 0 Å². The fourth-order valence-electron chi connectivity index (χ4n) is 2.88. The SMILES string of the molecule is Cc1ccc(/N=C/c2ccc(O)c3oc4ccc([N+](=O)[O-])cc4c23)cc1. The Morgan fingerprint density at radius 3 is 2.62 bits per heavy atom. The maximum atomic E-state index is 11.1. The van der Waals surface area contributed by atoms with Gasteiger partial charge in [0.05, 0.1) is 10.6 Å². The van der Waals surface area contributed by atoms with Crippen molar-refractivity contribution < 1.29 is 14.4 Å². The number of nitro groups is 1. The molecular formula is C20H14N2O4. The van der Waals surface area contributed by atoms with Crippen molar-refractivity contribution in [3.8, 4) is 5.75 Å². The number of rotatable bonds is 3. The topological polar surface area (TPSA) is 88.9 Å². The van der Waals surface area contributed by atoms with E-state index >= 15 is 0 Å². The minimum atomic E-state index is -0.457. The summed E-state index contributed by atoms with van der Waals surface area (Å²) in [5.41, 5.74) is 3.35.